The van der Waals surface area contributed by atoms with Crippen molar-refractivity contribution in [3.8, 4) is 11.3 Å². The minimum atomic E-state index is -0.491. The highest BCUT2D eigenvalue weighted by Gasteiger charge is 2.16. The number of benzene rings is 3. The molecule has 6 heteroatoms. The third-order valence-electron chi connectivity index (χ3n) is 4.32. The first-order valence-corrected chi connectivity index (χ1v) is 9.12. The van der Waals surface area contributed by atoms with Crippen molar-refractivity contribution in [3.05, 3.63) is 108 Å². The van der Waals surface area contributed by atoms with Crippen LogP contribution in [0.15, 0.2) is 96.1 Å². The fourth-order valence-corrected chi connectivity index (χ4v) is 2.80. The molecule has 0 N–H and O–H groups in total. The highest BCUT2D eigenvalue weighted by molar-refractivity contribution is 6.05. The quantitative estimate of drug-likeness (QED) is 0.299. The molecule has 0 saturated carbocycles. The molecule has 0 saturated heterocycles. The van der Waals surface area contributed by atoms with Gasteiger partial charge in [0, 0.05) is 11.1 Å². The van der Waals surface area contributed by atoms with E-state index in [1.54, 1.807) is 24.3 Å². The molecule has 0 bridgehead atoms. The lowest BCUT2D eigenvalue weighted by molar-refractivity contribution is 0.0716. The van der Waals surface area contributed by atoms with E-state index >= 15 is 0 Å². The fourth-order valence-electron chi connectivity index (χ4n) is 2.80. The van der Waals surface area contributed by atoms with Gasteiger partial charge in [0.25, 0.3) is 0 Å². The Morgan fingerprint density at radius 3 is 2.00 bits per heavy atom. The Labute approximate surface area is 168 Å². The van der Waals surface area contributed by atoms with Gasteiger partial charge in [-0.25, -0.2) is 4.79 Å². The number of ether oxygens (including phenoxy) is 1. The molecule has 0 amide bonds. The molecule has 4 aromatic rings. The van der Waals surface area contributed by atoms with Gasteiger partial charge in [-0.3, -0.25) is 0 Å². The number of hydrogen-bond donors (Lipinski definition) is 0. The van der Waals surface area contributed by atoms with Gasteiger partial charge < -0.3 is 4.74 Å². The van der Waals surface area contributed by atoms with Gasteiger partial charge in [-0.05, 0) is 36.4 Å². The zero-order chi connectivity index (χ0) is 20.1. The van der Waals surface area contributed by atoms with E-state index in [0.717, 1.165) is 17.0 Å². The molecule has 0 spiro atoms. The van der Waals surface area contributed by atoms with Gasteiger partial charge in [-0.1, -0.05) is 66.7 Å². The van der Waals surface area contributed by atoms with Crippen molar-refractivity contribution in [2.24, 2.45) is 5.10 Å². The third kappa shape index (κ3) is 4.11. The van der Waals surface area contributed by atoms with E-state index in [9.17, 15) is 4.79 Å². The van der Waals surface area contributed by atoms with Crippen LogP contribution in [0.3, 0.4) is 0 Å². The van der Waals surface area contributed by atoms with E-state index in [2.05, 4.69) is 15.4 Å². The van der Waals surface area contributed by atoms with Crippen LogP contribution in [0.5, 0.6) is 0 Å². The summed E-state index contributed by atoms with van der Waals surface area (Å²) in [5.41, 5.74) is 3.50. The van der Waals surface area contributed by atoms with Gasteiger partial charge in [-0.2, -0.15) is 0 Å². The molecule has 1 aromatic heterocycles. The molecule has 3 aromatic carbocycles. The average molecular weight is 382 g/mol. The number of carbonyl (C=O) groups excluding carboxylic acids is 1. The number of aromatic nitrogens is 3. The van der Waals surface area contributed by atoms with E-state index in [0.29, 0.717) is 11.1 Å². The number of hydrogen-bond acceptors (Lipinski definition) is 5. The lowest BCUT2D eigenvalue weighted by Crippen LogP contribution is -2.16. The predicted molar refractivity (Wildman–Crippen MR) is 110 cm³/mol. The summed E-state index contributed by atoms with van der Waals surface area (Å²) in [6, 6.07) is 27.8. The van der Waals surface area contributed by atoms with Crippen LogP contribution in [-0.2, 0) is 4.74 Å². The van der Waals surface area contributed by atoms with E-state index in [1.165, 1.54) is 4.79 Å². The van der Waals surface area contributed by atoms with Gasteiger partial charge in [-0.15, -0.1) is 15.0 Å². The largest absolute Gasteiger partial charge is 0.402 e. The van der Waals surface area contributed by atoms with Crippen LogP contribution < -0.4 is 0 Å². The summed E-state index contributed by atoms with van der Waals surface area (Å²) in [7, 11) is 0. The highest BCUT2D eigenvalue weighted by Crippen LogP contribution is 2.20. The molecular formula is C23H18N4O2. The van der Waals surface area contributed by atoms with E-state index in [1.807, 2.05) is 73.7 Å². The second kappa shape index (κ2) is 8.31. The lowest BCUT2D eigenvalue weighted by atomic mass is 10.1. The van der Waals surface area contributed by atoms with Crippen LogP contribution in [0.4, 0.5) is 0 Å². The molecule has 0 fully saturated rings. The molecule has 142 valence electrons. The van der Waals surface area contributed by atoms with Crippen LogP contribution in [0.2, 0.25) is 0 Å². The summed E-state index contributed by atoms with van der Waals surface area (Å²) in [6.07, 6.45) is 0. The van der Waals surface area contributed by atoms with Crippen LogP contribution in [-0.4, -0.2) is 27.0 Å². The normalized spacial score (nSPS) is 11.3. The first-order chi connectivity index (χ1) is 14.2. The van der Waals surface area contributed by atoms with E-state index in [4.69, 9.17) is 4.74 Å². The molecule has 1 heterocycles. The summed E-state index contributed by atoms with van der Waals surface area (Å²) in [6.45, 7) is 1.87. The van der Waals surface area contributed by atoms with Gasteiger partial charge in [0.1, 0.15) is 5.69 Å². The van der Waals surface area contributed by atoms with Crippen molar-refractivity contribution >= 4 is 11.9 Å². The topological polar surface area (TPSA) is 69.4 Å². The number of carbonyl (C=O) groups is 1. The molecule has 0 atom stereocenters. The minimum Gasteiger partial charge on any atom is -0.402 e. The summed E-state index contributed by atoms with van der Waals surface area (Å²) in [5, 5.41) is 12.8. The summed E-state index contributed by atoms with van der Waals surface area (Å²) in [5.74, 6) is -0.346. The lowest BCUT2D eigenvalue weighted by Gasteiger charge is -2.08. The minimum absolute atomic E-state index is 0.145. The Balaban J connectivity index is 1.71. The summed E-state index contributed by atoms with van der Waals surface area (Å²) >= 11 is 0. The van der Waals surface area contributed by atoms with Crippen molar-refractivity contribution in [1.82, 2.24) is 15.1 Å². The van der Waals surface area contributed by atoms with Crippen LogP contribution in [0, 0.1) is 6.92 Å². The Morgan fingerprint density at radius 2 is 1.38 bits per heavy atom. The van der Waals surface area contributed by atoms with E-state index < -0.39 is 5.97 Å². The standard InChI is InChI=1S/C23H18N4O2/c1-17-21(18-11-5-2-6-12-18)24-26-27(17)25-22(19-13-7-3-8-14-19)29-23(28)20-15-9-4-10-16-20/h2-16H,1H3/b25-22+. The molecule has 0 radical (unpaired) electrons. The Morgan fingerprint density at radius 1 is 0.828 bits per heavy atom. The van der Waals surface area contributed by atoms with Gasteiger partial charge in [0.15, 0.2) is 0 Å². The molecule has 6 nitrogen and oxygen atoms in total. The van der Waals surface area contributed by atoms with Crippen molar-refractivity contribution in [1.29, 1.82) is 0 Å². The first-order valence-electron chi connectivity index (χ1n) is 9.12. The molecule has 0 aliphatic heterocycles. The van der Waals surface area contributed by atoms with Crippen molar-refractivity contribution < 1.29 is 9.53 Å². The number of esters is 1. The predicted octanol–water partition coefficient (Wildman–Crippen LogP) is 4.32. The SMILES string of the molecule is Cc1c(-c2ccccc2)nnn1/N=C(/OC(=O)c1ccccc1)c1ccccc1. The molecule has 29 heavy (non-hydrogen) atoms. The zero-order valence-electron chi connectivity index (χ0n) is 15.8. The van der Waals surface area contributed by atoms with Crippen molar-refractivity contribution in [2.75, 3.05) is 0 Å². The van der Waals surface area contributed by atoms with Crippen molar-refractivity contribution in [2.45, 2.75) is 6.92 Å². The summed E-state index contributed by atoms with van der Waals surface area (Å²) < 4.78 is 5.62. The molecule has 0 unspecified atom stereocenters. The third-order valence-corrected chi connectivity index (χ3v) is 4.32. The average Bonchev–Trinajstić information content (AvgIpc) is 3.15. The second-order valence-corrected chi connectivity index (χ2v) is 6.31. The first kappa shape index (κ1) is 18.3. The fraction of sp³-hybridized carbons (Fsp3) is 0.0435. The van der Waals surface area contributed by atoms with E-state index in [-0.39, 0.29) is 5.90 Å². The van der Waals surface area contributed by atoms with Crippen molar-refractivity contribution in [3.63, 3.8) is 0 Å². The molecule has 0 aliphatic carbocycles. The van der Waals surface area contributed by atoms with Gasteiger partial charge in [0.05, 0.1) is 11.3 Å². The molecular weight excluding hydrogens is 364 g/mol. The Bertz CT molecular complexity index is 1140. The van der Waals surface area contributed by atoms with Crippen LogP contribution in [0.25, 0.3) is 11.3 Å². The maximum atomic E-state index is 12.6. The Hall–Kier alpha value is -4.06. The highest BCUT2D eigenvalue weighted by atomic mass is 16.5. The monoisotopic (exact) mass is 382 g/mol. The Kier molecular flexibility index (Phi) is 5.25. The maximum absolute atomic E-state index is 12.6. The van der Waals surface area contributed by atoms with Gasteiger partial charge >= 0.3 is 5.97 Å². The van der Waals surface area contributed by atoms with Crippen LogP contribution >= 0.6 is 0 Å². The van der Waals surface area contributed by atoms with Gasteiger partial charge in [0.2, 0.25) is 5.90 Å². The molecule has 0 aliphatic rings. The number of rotatable bonds is 4. The maximum Gasteiger partial charge on any atom is 0.344 e. The smallest absolute Gasteiger partial charge is 0.344 e. The number of nitrogens with zero attached hydrogens (tertiary/aromatic N) is 4. The zero-order valence-corrected chi connectivity index (χ0v) is 15.8. The molecule has 4 rings (SSSR count). The summed E-state index contributed by atoms with van der Waals surface area (Å²) in [4.78, 5) is 14.0. The second-order valence-electron chi connectivity index (χ2n) is 6.31. The van der Waals surface area contributed by atoms with Crippen LogP contribution in [0.1, 0.15) is 21.6 Å².